The van der Waals surface area contributed by atoms with E-state index in [1.807, 2.05) is 0 Å². The van der Waals surface area contributed by atoms with E-state index in [1.165, 1.54) is 6.54 Å². The van der Waals surface area contributed by atoms with Crippen LogP contribution in [0.3, 0.4) is 0 Å². The van der Waals surface area contributed by atoms with E-state index in [9.17, 15) is 0 Å². The van der Waals surface area contributed by atoms with E-state index in [0.29, 0.717) is 18.1 Å². The Morgan fingerprint density at radius 1 is 1.33 bits per heavy atom. The molecule has 12 heavy (non-hydrogen) atoms. The number of hydrogen-bond donors (Lipinski definition) is 0. The SMILES string of the molecule is CC1CN(C(C)C)CCOC1C. The van der Waals surface area contributed by atoms with E-state index in [2.05, 4.69) is 32.6 Å². The first-order chi connectivity index (χ1) is 5.61. The van der Waals surface area contributed by atoms with Crippen LogP contribution in [0.25, 0.3) is 0 Å². The molecule has 0 bridgehead atoms. The van der Waals surface area contributed by atoms with Gasteiger partial charge in [0.1, 0.15) is 0 Å². The van der Waals surface area contributed by atoms with Gasteiger partial charge < -0.3 is 4.74 Å². The Labute approximate surface area is 75.9 Å². The quantitative estimate of drug-likeness (QED) is 0.596. The summed E-state index contributed by atoms with van der Waals surface area (Å²) in [7, 11) is 0. The average Bonchev–Trinajstić information content (AvgIpc) is 2.15. The lowest BCUT2D eigenvalue weighted by molar-refractivity contribution is 0.0505. The molecule has 0 spiro atoms. The third-order valence-electron chi connectivity index (χ3n) is 2.81. The zero-order valence-corrected chi connectivity index (χ0v) is 8.71. The molecule has 1 fully saturated rings. The molecule has 0 aromatic carbocycles. The fourth-order valence-electron chi connectivity index (χ4n) is 1.60. The maximum atomic E-state index is 5.65. The molecule has 0 amide bonds. The van der Waals surface area contributed by atoms with Gasteiger partial charge in [-0.15, -0.1) is 0 Å². The first kappa shape index (κ1) is 10.0. The molecular weight excluding hydrogens is 150 g/mol. The maximum absolute atomic E-state index is 5.65. The van der Waals surface area contributed by atoms with Gasteiger partial charge in [0.25, 0.3) is 0 Å². The minimum atomic E-state index is 0.425. The van der Waals surface area contributed by atoms with Crippen LogP contribution in [0.15, 0.2) is 0 Å². The van der Waals surface area contributed by atoms with E-state index in [4.69, 9.17) is 4.74 Å². The summed E-state index contributed by atoms with van der Waals surface area (Å²) in [5.41, 5.74) is 0. The van der Waals surface area contributed by atoms with E-state index in [0.717, 1.165) is 13.2 Å². The monoisotopic (exact) mass is 171 g/mol. The summed E-state index contributed by atoms with van der Waals surface area (Å²) in [5, 5.41) is 0. The average molecular weight is 171 g/mol. The molecule has 2 heteroatoms. The van der Waals surface area contributed by atoms with Crippen molar-refractivity contribution in [2.24, 2.45) is 5.92 Å². The molecule has 2 unspecified atom stereocenters. The lowest BCUT2D eigenvalue weighted by atomic mass is 10.1. The molecule has 0 saturated carbocycles. The Kier molecular flexibility index (Phi) is 3.53. The highest BCUT2D eigenvalue weighted by Gasteiger charge is 2.22. The van der Waals surface area contributed by atoms with Gasteiger partial charge in [0, 0.05) is 19.1 Å². The minimum absolute atomic E-state index is 0.425. The van der Waals surface area contributed by atoms with Crippen LogP contribution in [0.1, 0.15) is 27.7 Å². The molecule has 1 saturated heterocycles. The molecule has 1 rings (SSSR count). The fraction of sp³-hybridized carbons (Fsp3) is 1.00. The van der Waals surface area contributed by atoms with Gasteiger partial charge in [-0.05, 0) is 26.7 Å². The van der Waals surface area contributed by atoms with Crippen molar-refractivity contribution in [3.05, 3.63) is 0 Å². The minimum Gasteiger partial charge on any atom is -0.377 e. The molecule has 0 aromatic rings. The van der Waals surface area contributed by atoms with Crippen LogP contribution < -0.4 is 0 Å². The normalized spacial score (nSPS) is 33.8. The van der Waals surface area contributed by atoms with Crippen LogP contribution in [0.4, 0.5) is 0 Å². The van der Waals surface area contributed by atoms with Crippen LogP contribution in [0, 0.1) is 5.92 Å². The van der Waals surface area contributed by atoms with Crippen LogP contribution in [-0.2, 0) is 4.74 Å². The van der Waals surface area contributed by atoms with E-state index >= 15 is 0 Å². The largest absolute Gasteiger partial charge is 0.377 e. The molecule has 0 N–H and O–H groups in total. The van der Waals surface area contributed by atoms with Crippen LogP contribution in [0.2, 0.25) is 0 Å². The van der Waals surface area contributed by atoms with Gasteiger partial charge in [0.2, 0.25) is 0 Å². The fourth-order valence-corrected chi connectivity index (χ4v) is 1.60. The predicted octanol–water partition coefficient (Wildman–Crippen LogP) is 1.75. The van der Waals surface area contributed by atoms with Gasteiger partial charge >= 0.3 is 0 Å². The van der Waals surface area contributed by atoms with Gasteiger partial charge in [0.15, 0.2) is 0 Å². The van der Waals surface area contributed by atoms with E-state index in [-0.39, 0.29) is 0 Å². The predicted molar refractivity (Wildman–Crippen MR) is 51.3 cm³/mol. The van der Waals surface area contributed by atoms with Gasteiger partial charge in [-0.1, -0.05) is 6.92 Å². The number of hydrogen-bond acceptors (Lipinski definition) is 2. The van der Waals surface area contributed by atoms with Crippen molar-refractivity contribution in [1.82, 2.24) is 4.90 Å². The number of rotatable bonds is 1. The zero-order valence-electron chi connectivity index (χ0n) is 8.71. The van der Waals surface area contributed by atoms with Crippen molar-refractivity contribution in [2.75, 3.05) is 19.7 Å². The van der Waals surface area contributed by atoms with Gasteiger partial charge in [-0.3, -0.25) is 4.90 Å². The Balaban J connectivity index is 2.48. The topological polar surface area (TPSA) is 12.5 Å². The molecule has 1 aliphatic heterocycles. The summed E-state index contributed by atoms with van der Waals surface area (Å²) in [6, 6.07) is 0.654. The molecular formula is C10H21NO. The van der Waals surface area contributed by atoms with Gasteiger partial charge in [-0.25, -0.2) is 0 Å². The highest BCUT2D eigenvalue weighted by atomic mass is 16.5. The first-order valence-corrected chi connectivity index (χ1v) is 4.97. The standard InChI is InChI=1S/C10H21NO/c1-8(2)11-5-6-12-10(4)9(3)7-11/h8-10H,5-7H2,1-4H3. The molecule has 1 aliphatic rings. The third-order valence-corrected chi connectivity index (χ3v) is 2.81. The summed E-state index contributed by atoms with van der Waals surface area (Å²) in [4.78, 5) is 2.49. The number of nitrogens with zero attached hydrogens (tertiary/aromatic N) is 1. The third kappa shape index (κ3) is 2.46. The van der Waals surface area contributed by atoms with Crippen molar-refractivity contribution in [1.29, 1.82) is 0 Å². The summed E-state index contributed by atoms with van der Waals surface area (Å²) < 4.78 is 5.65. The van der Waals surface area contributed by atoms with Crippen LogP contribution >= 0.6 is 0 Å². The van der Waals surface area contributed by atoms with E-state index in [1.54, 1.807) is 0 Å². The first-order valence-electron chi connectivity index (χ1n) is 4.97. The molecule has 72 valence electrons. The summed E-state index contributed by atoms with van der Waals surface area (Å²) in [6.07, 6.45) is 0.425. The van der Waals surface area contributed by atoms with Crippen molar-refractivity contribution in [2.45, 2.75) is 39.8 Å². The number of ether oxygens (including phenoxy) is 1. The summed E-state index contributed by atoms with van der Waals surface area (Å²) >= 11 is 0. The Hall–Kier alpha value is -0.0800. The second kappa shape index (κ2) is 4.24. The Morgan fingerprint density at radius 2 is 2.00 bits per heavy atom. The molecule has 0 radical (unpaired) electrons. The molecule has 2 atom stereocenters. The maximum Gasteiger partial charge on any atom is 0.0597 e. The molecule has 0 aliphatic carbocycles. The zero-order chi connectivity index (χ0) is 9.14. The second-order valence-electron chi connectivity index (χ2n) is 4.14. The van der Waals surface area contributed by atoms with Crippen molar-refractivity contribution in [3.8, 4) is 0 Å². The van der Waals surface area contributed by atoms with Crippen LogP contribution in [0.5, 0.6) is 0 Å². The second-order valence-corrected chi connectivity index (χ2v) is 4.14. The lowest BCUT2D eigenvalue weighted by Crippen LogP contribution is -2.35. The van der Waals surface area contributed by atoms with Gasteiger partial charge in [-0.2, -0.15) is 0 Å². The van der Waals surface area contributed by atoms with Crippen molar-refractivity contribution in [3.63, 3.8) is 0 Å². The van der Waals surface area contributed by atoms with E-state index < -0.39 is 0 Å². The Bertz CT molecular complexity index is 136. The Morgan fingerprint density at radius 3 is 2.58 bits per heavy atom. The highest BCUT2D eigenvalue weighted by Crippen LogP contribution is 2.14. The molecule has 1 heterocycles. The summed E-state index contributed by atoms with van der Waals surface area (Å²) in [6.45, 7) is 12.1. The van der Waals surface area contributed by atoms with Crippen molar-refractivity contribution >= 4 is 0 Å². The highest BCUT2D eigenvalue weighted by molar-refractivity contribution is 4.73. The summed E-state index contributed by atoms with van der Waals surface area (Å²) in [5.74, 6) is 0.662. The molecule has 2 nitrogen and oxygen atoms in total. The van der Waals surface area contributed by atoms with Gasteiger partial charge in [0.05, 0.1) is 12.7 Å². The van der Waals surface area contributed by atoms with Crippen LogP contribution in [-0.4, -0.2) is 36.7 Å². The smallest absolute Gasteiger partial charge is 0.0597 e. The van der Waals surface area contributed by atoms with Crippen molar-refractivity contribution < 1.29 is 4.74 Å². The lowest BCUT2D eigenvalue weighted by Gasteiger charge is -2.26. The molecule has 0 aromatic heterocycles.